The summed E-state index contributed by atoms with van der Waals surface area (Å²) in [6.45, 7) is 9.54. The Morgan fingerprint density at radius 3 is 2.33 bits per heavy atom. The number of amides is 1. The number of fused-ring (bicyclic) bond motifs is 1. The fourth-order valence-corrected chi connectivity index (χ4v) is 5.12. The van der Waals surface area contributed by atoms with Crippen molar-refractivity contribution in [2.75, 3.05) is 50.5 Å². The molecule has 0 atom stereocenters. The lowest BCUT2D eigenvalue weighted by atomic mass is 10.1. The van der Waals surface area contributed by atoms with Crippen LogP contribution in [0.4, 0.5) is 26.2 Å². The molecule has 0 bridgehead atoms. The molecule has 1 amide bonds. The molecule has 236 valence electrons. The van der Waals surface area contributed by atoms with Crippen molar-refractivity contribution in [1.29, 1.82) is 0 Å². The SMILES string of the molecule is CC.CC.CNC(=O)CCn1c(=O)c(=O)n(C2CN(C)C2)c2ccc(Nc3nc(N4CCC(F)(F)CC4)ncc3Cl)cc21. The molecule has 2 aromatic heterocycles. The van der Waals surface area contributed by atoms with E-state index in [1.54, 1.807) is 23.1 Å². The van der Waals surface area contributed by atoms with Gasteiger partial charge in [0, 0.05) is 64.7 Å². The van der Waals surface area contributed by atoms with Gasteiger partial charge in [-0.25, -0.2) is 13.8 Å². The number of rotatable bonds is 7. The van der Waals surface area contributed by atoms with Crippen molar-refractivity contribution in [1.82, 2.24) is 29.3 Å². The van der Waals surface area contributed by atoms with Gasteiger partial charge in [-0.2, -0.15) is 4.98 Å². The van der Waals surface area contributed by atoms with Gasteiger partial charge < -0.3 is 25.0 Å². The van der Waals surface area contributed by atoms with Crippen LogP contribution >= 0.6 is 11.6 Å². The van der Waals surface area contributed by atoms with Crippen molar-refractivity contribution in [2.24, 2.45) is 0 Å². The number of hydrogen-bond donors (Lipinski definition) is 2. The molecule has 2 aliphatic heterocycles. The Morgan fingerprint density at radius 1 is 1.07 bits per heavy atom. The summed E-state index contributed by atoms with van der Waals surface area (Å²) >= 11 is 6.36. The van der Waals surface area contributed by atoms with Crippen LogP contribution < -0.4 is 26.7 Å². The van der Waals surface area contributed by atoms with Crippen molar-refractivity contribution in [3.63, 3.8) is 0 Å². The Balaban J connectivity index is 0.00000121. The molecular weight excluding hydrogens is 582 g/mol. The normalized spacial score (nSPS) is 16.3. The number of anilines is 3. The molecule has 2 fully saturated rings. The van der Waals surface area contributed by atoms with Gasteiger partial charge in [0.25, 0.3) is 5.92 Å². The zero-order valence-corrected chi connectivity index (χ0v) is 26.3. The number of aryl methyl sites for hydroxylation is 1. The highest BCUT2D eigenvalue weighted by molar-refractivity contribution is 6.32. The number of carbonyl (C=O) groups is 1. The van der Waals surface area contributed by atoms with Gasteiger partial charge in [0.05, 0.1) is 23.3 Å². The molecule has 43 heavy (non-hydrogen) atoms. The largest absolute Gasteiger partial charge is 0.359 e. The van der Waals surface area contributed by atoms with Crippen LogP contribution in [-0.2, 0) is 11.3 Å². The summed E-state index contributed by atoms with van der Waals surface area (Å²) in [5, 5.41) is 5.88. The number of hydrogen-bond acceptors (Lipinski definition) is 8. The average Bonchev–Trinajstić information content (AvgIpc) is 2.99. The Morgan fingerprint density at radius 2 is 1.72 bits per heavy atom. The van der Waals surface area contributed by atoms with Crippen LogP contribution in [0.1, 0.15) is 53.0 Å². The van der Waals surface area contributed by atoms with Crippen molar-refractivity contribution in [3.05, 3.63) is 50.1 Å². The van der Waals surface area contributed by atoms with E-state index >= 15 is 0 Å². The Hall–Kier alpha value is -3.58. The summed E-state index contributed by atoms with van der Waals surface area (Å²) in [7, 11) is 3.44. The number of piperidine rings is 1. The number of nitrogens with zero attached hydrogens (tertiary/aromatic N) is 6. The first-order valence-electron chi connectivity index (χ1n) is 14.7. The highest BCUT2D eigenvalue weighted by Gasteiger charge is 2.35. The summed E-state index contributed by atoms with van der Waals surface area (Å²) < 4.78 is 30.1. The quantitative estimate of drug-likeness (QED) is 0.376. The van der Waals surface area contributed by atoms with Crippen LogP contribution in [0.3, 0.4) is 0 Å². The Kier molecular flexibility index (Phi) is 11.6. The summed E-state index contributed by atoms with van der Waals surface area (Å²) in [5.41, 5.74) is 0.245. The summed E-state index contributed by atoms with van der Waals surface area (Å²) in [4.78, 5) is 50.6. The standard InChI is InChI=1S/C25H29ClF2N8O3.2C2H6/c1-29-20(37)5-8-35-19-11-15(3-4-18(19)36(23(39)22(35)38)16-13-33(2)14-16)31-21-17(26)12-30-24(32-21)34-9-6-25(27,28)7-10-34;2*1-2/h3-4,11-12,16H,5-10,13-14H2,1-2H3,(H,29,37)(H,30,31,32);2*1-2H3. The van der Waals surface area contributed by atoms with Crippen molar-refractivity contribution in [3.8, 4) is 0 Å². The third-order valence-electron chi connectivity index (χ3n) is 7.20. The molecule has 5 rings (SSSR count). The maximum absolute atomic E-state index is 13.6. The molecular formula is C29H41ClF2N8O3. The van der Waals surface area contributed by atoms with Gasteiger partial charge >= 0.3 is 11.1 Å². The van der Waals surface area contributed by atoms with E-state index in [0.717, 1.165) is 0 Å². The fourth-order valence-electron chi connectivity index (χ4n) is 4.98. The molecule has 2 N–H and O–H groups in total. The molecule has 14 heteroatoms. The molecule has 0 unspecified atom stereocenters. The van der Waals surface area contributed by atoms with Gasteiger partial charge in [-0.05, 0) is 25.2 Å². The number of likely N-dealkylation sites (tertiary alicyclic amines) is 1. The second-order valence-corrected chi connectivity index (χ2v) is 10.4. The predicted octanol–water partition coefficient (Wildman–Crippen LogP) is 4.26. The van der Waals surface area contributed by atoms with Gasteiger partial charge in [-0.1, -0.05) is 39.3 Å². The maximum atomic E-state index is 13.6. The second kappa shape index (κ2) is 14.7. The van der Waals surface area contributed by atoms with Crippen LogP contribution in [0, 0.1) is 0 Å². The van der Waals surface area contributed by atoms with Gasteiger partial charge in [0.15, 0.2) is 5.82 Å². The Labute approximate surface area is 254 Å². The maximum Gasteiger partial charge on any atom is 0.317 e. The van der Waals surface area contributed by atoms with Crippen LogP contribution in [0.15, 0.2) is 34.0 Å². The molecule has 0 spiro atoms. The number of alkyl halides is 2. The van der Waals surface area contributed by atoms with E-state index in [2.05, 4.69) is 20.6 Å². The molecule has 0 radical (unpaired) electrons. The minimum absolute atomic E-state index is 0.0226. The lowest BCUT2D eigenvalue weighted by Crippen LogP contribution is -2.52. The number of nitrogens with one attached hydrogen (secondary N) is 2. The zero-order valence-electron chi connectivity index (χ0n) is 25.6. The first-order chi connectivity index (χ1) is 20.6. The summed E-state index contributed by atoms with van der Waals surface area (Å²) in [6.07, 6.45) is 0.871. The van der Waals surface area contributed by atoms with Crippen LogP contribution in [-0.4, -0.2) is 76.1 Å². The minimum Gasteiger partial charge on any atom is -0.359 e. The van der Waals surface area contributed by atoms with Crippen LogP contribution in [0.2, 0.25) is 5.02 Å². The molecule has 2 aliphatic rings. The molecule has 3 aromatic rings. The van der Waals surface area contributed by atoms with E-state index in [1.807, 2.05) is 39.6 Å². The summed E-state index contributed by atoms with van der Waals surface area (Å²) in [6, 6.07) is 5.06. The number of halogens is 3. The van der Waals surface area contributed by atoms with Gasteiger partial charge in [-0.15, -0.1) is 0 Å². The van der Waals surface area contributed by atoms with E-state index in [1.165, 1.54) is 22.4 Å². The zero-order chi connectivity index (χ0) is 31.9. The lowest BCUT2D eigenvalue weighted by Gasteiger charge is -2.38. The first kappa shape index (κ1) is 33.9. The third-order valence-corrected chi connectivity index (χ3v) is 7.47. The molecule has 1 aromatic carbocycles. The predicted molar refractivity (Wildman–Crippen MR) is 167 cm³/mol. The minimum atomic E-state index is -2.70. The lowest BCUT2D eigenvalue weighted by molar-refractivity contribution is -0.120. The van der Waals surface area contributed by atoms with Crippen LogP contribution in [0.5, 0.6) is 0 Å². The number of benzene rings is 1. The highest BCUT2D eigenvalue weighted by atomic mass is 35.5. The molecule has 4 heterocycles. The van der Waals surface area contributed by atoms with Gasteiger partial charge in [0.2, 0.25) is 11.9 Å². The van der Waals surface area contributed by atoms with E-state index in [9.17, 15) is 23.2 Å². The average molecular weight is 623 g/mol. The van der Waals surface area contributed by atoms with E-state index in [4.69, 9.17) is 11.6 Å². The number of carbonyl (C=O) groups excluding carboxylic acids is 1. The van der Waals surface area contributed by atoms with E-state index in [0.29, 0.717) is 29.8 Å². The first-order valence-corrected chi connectivity index (χ1v) is 15.0. The second-order valence-electron chi connectivity index (χ2n) is 9.97. The molecule has 0 aliphatic carbocycles. The highest BCUT2D eigenvalue weighted by Crippen LogP contribution is 2.32. The molecule has 2 saturated heterocycles. The monoisotopic (exact) mass is 622 g/mol. The van der Waals surface area contributed by atoms with Crippen molar-refractivity contribution < 1.29 is 13.6 Å². The van der Waals surface area contributed by atoms with Gasteiger partial charge in [0.1, 0.15) is 5.02 Å². The molecule has 0 saturated carbocycles. The molecule has 11 nitrogen and oxygen atoms in total. The topological polar surface area (TPSA) is 117 Å². The van der Waals surface area contributed by atoms with E-state index < -0.39 is 17.0 Å². The summed E-state index contributed by atoms with van der Waals surface area (Å²) in [5.74, 6) is -2.40. The third kappa shape index (κ3) is 7.69. The smallest absolute Gasteiger partial charge is 0.317 e. The van der Waals surface area contributed by atoms with Gasteiger partial charge in [-0.3, -0.25) is 19.0 Å². The Bertz CT molecular complexity index is 1530. The number of aromatic nitrogens is 4. The number of likely N-dealkylation sites (N-methyl/N-ethyl adjacent to an activating group) is 1. The van der Waals surface area contributed by atoms with E-state index in [-0.39, 0.29) is 67.6 Å². The van der Waals surface area contributed by atoms with Crippen LogP contribution in [0.25, 0.3) is 11.0 Å². The fraction of sp³-hybridized carbons (Fsp3) is 0.552. The van der Waals surface area contributed by atoms with Crippen molar-refractivity contribution in [2.45, 2.75) is 65.5 Å². The van der Waals surface area contributed by atoms with Crippen molar-refractivity contribution >= 4 is 46.0 Å².